The van der Waals surface area contributed by atoms with Gasteiger partial charge in [0.15, 0.2) is 0 Å². The van der Waals surface area contributed by atoms with Crippen LogP contribution in [0.15, 0.2) is 36.9 Å². The number of benzene rings is 1. The second-order valence-electron chi connectivity index (χ2n) is 5.51. The Morgan fingerprint density at radius 2 is 1.95 bits per heavy atom. The summed E-state index contributed by atoms with van der Waals surface area (Å²) in [6.07, 6.45) is 0.493. The van der Waals surface area contributed by atoms with Gasteiger partial charge in [0.25, 0.3) is 0 Å². The zero-order valence-electron chi connectivity index (χ0n) is 13.3. The maximum Gasteiger partial charge on any atom is 0.415 e. The predicted octanol–water partition coefficient (Wildman–Crippen LogP) is 3.77. The van der Waals surface area contributed by atoms with Crippen LogP contribution in [0.25, 0.3) is 0 Å². The molecule has 1 unspecified atom stereocenters. The molecule has 4 nitrogen and oxygen atoms in total. The van der Waals surface area contributed by atoms with Gasteiger partial charge in [0.1, 0.15) is 5.75 Å². The van der Waals surface area contributed by atoms with Crippen molar-refractivity contribution >= 4 is 6.09 Å². The maximum atomic E-state index is 12.1. The van der Waals surface area contributed by atoms with Crippen LogP contribution in [0.5, 0.6) is 5.75 Å². The van der Waals surface area contributed by atoms with E-state index in [1.54, 1.807) is 29.2 Å². The van der Waals surface area contributed by atoms with E-state index >= 15 is 0 Å². The lowest BCUT2D eigenvalue weighted by Gasteiger charge is -2.28. The number of carbonyl (C=O) groups is 1. The number of rotatable bonds is 6. The Hall–Kier alpha value is -1.81. The lowest BCUT2D eigenvalue weighted by atomic mass is 9.82. The zero-order chi connectivity index (χ0) is 16.0. The Morgan fingerprint density at radius 3 is 2.48 bits per heavy atom. The van der Waals surface area contributed by atoms with Gasteiger partial charge in [-0.25, -0.2) is 4.79 Å². The first-order valence-corrected chi connectivity index (χ1v) is 7.24. The summed E-state index contributed by atoms with van der Waals surface area (Å²) in [5, 5.41) is 10.5. The van der Waals surface area contributed by atoms with Crippen molar-refractivity contribution in [2.75, 3.05) is 13.1 Å². The number of aliphatic hydroxyl groups excluding tert-OH is 1. The van der Waals surface area contributed by atoms with Crippen LogP contribution < -0.4 is 4.74 Å². The highest BCUT2D eigenvalue weighted by molar-refractivity contribution is 5.71. The average molecular weight is 291 g/mol. The van der Waals surface area contributed by atoms with Crippen molar-refractivity contribution in [2.24, 2.45) is 5.41 Å². The van der Waals surface area contributed by atoms with E-state index in [-0.39, 0.29) is 0 Å². The van der Waals surface area contributed by atoms with Crippen LogP contribution in [0, 0.1) is 5.41 Å². The minimum atomic E-state index is -0.796. The molecule has 0 heterocycles. The number of aliphatic hydroxyl groups is 1. The minimum Gasteiger partial charge on any atom is -0.410 e. The molecule has 4 heteroatoms. The first-order valence-electron chi connectivity index (χ1n) is 7.24. The zero-order valence-corrected chi connectivity index (χ0v) is 13.3. The molecular weight excluding hydrogens is 266 g/mol. The number of hydrogen-bond donors (Lipinski definition) is 1. The summed E-state index contributed by atoms with van der Waals surface area (Å²) in [7, 11) is 0. The third kappa shape index (κ3) is 4.08. The fraction of sp³-hybridized carbons (Fsp3) is 0.471. The first-order chi connectivity index (χ1) is 9.87. The van der Waals surface area contributed by atoms with Gasteiger partial charge in [0, 0.05) is 24.1 Å². The second-order valence-corrected chi connectivity index (χ2v) is 5.51. The van der Waals surface area contributed by atoms with Gasteiger partial charge < -0.3 is 14.7 Å². The van der Waals surface area contributed by atoms with Crippen molar-refractivity contribution in [2.45, 2.75) is 33.8 Å². The summed E-state index contributed by atoms with van der Waals surface area (Å²) >= 11 is 0. The van der Waals surface area contributed by atoms with Gasteiger partial charge in [-0.05, 0) is 19.9 Å². The van der Waals surface area contributed by atoms with Crippen molar-refractivity contribution < 1.29 is 14.6 Å². The summed E-state index contributed by atoms with van der Waals surface area (Å²) in [6.45, 7) is 12.5. The van der Waals surface area contributed by atoms with Crippen molar-refractivity contribution in [3.05, 3.63) is 42.5 Å². The van der Waals surface area contributed by atoms with E-state index in [1.165, 1.54) is 0 Å². The van der Waals surface area contributed by atoms with Crippen LogP contribution in [0.4, 0.5) is 4.79 Å². The molecule has 0 saturated carbocycles. The standard InChI is InChI=1S/C17H25NO3/c1-6-17(4,5)15(19)13-11-9-10-12-14(13)21-16(20)18(7-2)8-3/h6,9-12,15,19H,1,7-8H2,2-5H3. The Bertz CT molecular complexity index is 493. The van der Waals surface area contributed by atoms with Crippen LogP contribution in [-0.2, 0) is 0 Å². The quantitative estimate of drug-likeness (QED) is 0.812. The lowest BCUT2D eigenvalue weighted by molar-refractivity contribution is 0.0789. The SMILES string of the molecule is C=CC(C)(C)C(O)c1ccccc1OC(=O)N(CC)CC. The molecule has 1 rings (SSSR count). The Kier molecular flexibility index (Phi) is 5.97. The number of amides is 1. The molecule has 0 spiro atoms. The molecule has 21 heavy (non-hydrogen) atoms. The highest BCUT2D eigenvalue weighted by atomic mass is 16.6. The monoisotopic (exact) mass is 291 g/mol. The van der Waals surface area contributed by atoms with Crippen LogP contribution in [0.3, 0.4) is 0 Å². The summed E-state index contributed by atoms with van der Waals surface area (Å²) in [5.74, 6) is 0.386. The molecule has 0 aliphatic heterocycles. The molecule has 0 aromatic heterocycles. The fourth-order valence-corrected chi connectivity index (χ4v) is 1.95. The maximum absolute atomic E-state index is 12.1. The van der Waals surface area contributed by atoms with Crippen molar-refractivity contribution in [3.8, 4) is 5.75 Å². The molecule has 116 valence electrons. The number of para-hydroxylation sites is 1. The van der Waals surface area contributed by atoms with Gasteiger partial charge in [-0.3, -0.25) is 0 Å². The summed E-state index contributed by atoms with van der Waals surface area (Å²) < 4.78 is 5.44. The second kappa shape index (κ2) is 7.27. The summed E-state index contributed by atoms with van der Waals surface area (Å²) in [5.41, 5.74) is 0.0699. The van der Waals surface area contributed by atoms with Gasteiger partial charge in [-0.2, -0.15) is 0 Å². The molecule has 0 fully saturated rings. The molecule has 1 aromatic rings. The van der Waals surface area contributed by atoms with Gasteiger partial charge in [0.2, 0.25) is 0 Å². The molecule has 1 N–H and O–H groups in total. The molecule has 0 radical (unpaired) electrons. The predicted molar refractivity (Wildman–Crippen MR) is 84.3 cm³/mol. The van der Waals surface area contributed by atoms with Crippen molar-refractivity contribution in [3.63, 3.8) is 0 Å². The third-order valence-electron chi connectivity index (χ3n) is 3.66. The first kappa shape index (κ1) is 17.2. The van der Waals surface area contributed by atoms with Crippen LogP contribution >= 0.6 is 0 Å². The van der Waals surface area contributed by atoms with Crippen molar-refractivity contribution in [1.29, 1.82) is 0 Å². The lowest BCUT2D eigenvalue weighted by Crippen LogP contribution is -2.33. The molecule has 0 saturated heterocycles. The summed E-state index contributed by atoms with van der Waals surface area (Å²) in [4.78, 5) is 13.7. The van der Waals surface area contributed by atoms with Gasteiger partial charge in [0.05, 0.1) is 6.10 Å². The molecular formula is C17H25NO3. The average Bonchev–Trinajstić information content (AvgIpc) is 2.48. The normalized spacial score (nSPS) is 12.6. The van der Waals surface area contributed by atoms with Gasteiger partial charge in [-0.15, -0.1) is 6.58 Å². The largest absolute Gasteiger partial charge is 0.415 e. The third-order valence-corrected chi connectivity index (χ3v) is 3.66. The number of nitrogens with zero attached hydrogens (tertiary/aromatic N) is 1. The molecule has 1 atom stereocenters. The van der Waals surface area contributed by atoms with Gasteiger partial charge in [-0.1, -0.05) is 38.1 Å². The Morgan fingerprint density at radius 1 is 1.38 bits per heavy atom. The number of carbonyl (C=O) groups excluding carboxylic acids is 1. The van der Waals surface area contributed by atoms with Gasteiger partial charge >= 0.3 is 6.09 Å². The molecule has 1 amide bonds. The van der Waals surface area contributed by atoms with E-state index in [0.717, 1.165) is 0 Å². The molecule has 0 bridgehead atoms. The highest BCUT2D eigenvalue weighted by Crippen LogP contribution is 2.38. The van der Waals surface area contributed by atoms with E-state index in [9.17, 15) is 9.90 Å². The Labute approximate surface area is 127 Å². The van der Waals surface area contributed by atoms with E-state index in [1.807, 2.05) is 33.8 Å². The molecule has 1 aromatic carbocycles. The van der Waals surface area contributed by atoms with Crippen LogP contribution in [0.2, 0.25) is 0 Å². The molecule has 0 aliphatic carbocycles. The number of hydrogen-bond acceptors (Lipinski definition) is 3. The Balaban J connectivity index is 3.05. The fourth-order valence-electron chi connectivity index (χ4n) is 1.95. The van der Waals surface area contributed by atoms with E-state index in [4.69, 9.17) is 4.74 Å². The van der Waals surface area contributed by atoms with E-state index in [2.05, 4.69) is 6.58 Å². The molecule has 0 aliphatic rings. The highest BCUT2D eigenvalue weighted by Gasteiger charge is 2.29. The topological polar surface area (TPSA) is 49.8 Å². The van der Waals surface area contributed by atoms with E-state index < -0.39 is 17.6 Å². The van der Waals surface area contributed by atoms with Crippen molar-refractivity contribution in [1.82, 2.24) is 4.90 Å². The minimum absolute atomic E-state index is 0.386. The smallest absolute Gasteiger partial charge is 0.410 e. The van der Waals surface area contributed by atoms with Crippen LogP contribution in [0.1, 0.15) is 39.4 Å². The van der Waals surface area contributed by atoms with E-state index in [0.29, 0.717) is 24.4 Å². The summed E-state index contributed by atoms with van der Waals surface area (Å²) in [6, 6.07) is 7.05. The number of ether oxygens (including phenoxy) is 1. The van der Waals surface area contributed by atoms with Crippen LogP contribution in [-0.4, -0.2) is 29.2 Å².